The summed E-state index contributed by atoms with van der Waals surface area (Å²) < 4.78 is 0. The Labute approximate surface area is 100 Å². The first-order valence-corrected chi connectivity index (χ1v) is 6.13. The number of hydrogen-bond donors (Lipinski definition) is 3. The average Bonchev–Trinajstić information content (AvgIpc) is 2.69. The van der Waals surface area contributed by atoms with Crippen LogP contribution >= 0.6 is 0 Å². The molecule has 1 atom stereocenters. The number of imidazole rings is 1. The molecule has 0 saturated carbocycles. The van der Waals surface area contributed by atoms with Gasteiger partial charge in [-0.3, -0.25) is 0 Å². The molecule has 2 rings (SSSR count). The maximum absolute atomic E-state index is 11.2. The molecule has 0 radical (unpaired) electrons. The van der Waals surface area contributed by atoms with Gasteiger partial charge in [0.15, 0.2) is 0 Å². The van der Waals surface area contributed by atoms with Gasteiger partial charge in [-0.15, -0.1) is 0 Å². The second-order valence-electron chi connectivity index (χ2n) is 4.49. The number of nitrogens with one attached hydrogen (secondary N) is 2. The Kier molecular flexibility index (Phi) is 3.33. The highest BCUT2D eigenvalue weighted by Gasteiger charge is 2.16. The molecular weight excluding hydrogens is 214 g/mol. The number of rotatable bonds is 4. The van der Waals surface area contributed by atoms with Gasteiger partial charge in [0.25, 0.3) is 0 Å². The molecule has 4 heteroatoms. The van der Waals surface area contributed by atoms with Gasteiger partial charge in [-0.1, -0.05) is 32.8 Å². The minimum atomic E-state index is -0.173. The molecule has 0 aliphatic heterocycles. The van der Waals surface area contributed by atoms with Gasteiger partial charge in [-0.05, 0) is 23.6 Å². The van der Waals surface area contributed by atoms with Crippen LogP contribution in [-0.4, -0.2) is 9.97 Å². The van der Waals surface area contributed by atoms with Crippen molar-refractivity contribution in [3.63, 3.8) is 0 Å². The smallest absolute Gasteiger partial charge is 0.323 e. The standard InChI is InChI=1S/C13H19N3O/c1-3-8(4-2)12(14)9-5-6-10-11(7-9)16-13(17)15-10/h5-8,12H,3-4,14H2,1-2H3,(H2,15,16,17). The Morgan fingerprint density at radius 1 is 1.18 bits per heavy atom. The number of H-pyrrole nitrogens is 2. The van der Waals surface area contributed by atoms with Crippen LogP contribution < -0.4 is 11.4 Å². The SMILES string of the molecule is CCC(CC)C(N)c1ccc2[nH]c(=O)[nH]c2c1. The van der Waals surface area contributed by atoms with Crippen LogP contribution in [0.15, 0.2) is 23.0 Å². The molecule has 4 N–H and O–H groups in total. The van der Waals surface area contributed by atoms with Gasteiger partial charge in [-0.2, -0.15) is 0 Å². The summed E-state index contributed by atoms with van der Waals surface area (Å²) in [6.45, 7) is 4.31. The van der Waals surface area contributed by atoms with Crippen LogP contribution in [0.3, 0.4) is 0 Å². The Hall–Kier alpha value is -1.55. The topological polar surface area (TPSA) is 74.7 Å². The third-order valence-corrected chi connectivity index (χ3v) is 3.48. The lowest BCUT2D eigenvalue weighted by atomic mass is 9.89. The molecule has 4 nitrogen and oxygen atoms in total. The lowest BCUT2D eigenvalue weighted by Gasteiger charge is -2.21. The summed E-state index contributed by atoms with van der Waals surface area (Å²) in [6, 6.07) is 5.91. The maximum atomic E-state index is 11.2. The van der Waals surface area contributed by atoms with Gasteiger partial charge in [0.1, 0.15) is 0 Å². The van der Waals surface area contributed by atoms with Gasteiger partial charge < -0.3 is 15.7 Å². The molecule has 2 aromatic rings. The third kappa shape index (κ3) is 2.26. The summed E-state index contributed by atoms with van der Waals surface area (Å²) in [7, 11) is 0. The van der Waals surface area contributed by atoms with E-state index in [9.17, 15) is 4.79 Å². The molecule has 0 fully saturated rings. The van der Waals surface area contributed by atoms with Crippen molar-refractivity contribution in [2.45, 2.75) is 32.7 Å². The second-order valence-corrected chi connectivity index (χ2v) is 4.49. The maximum Gasteiger partial charge on any atom is 0.323 e. The average molecular weight is 233 g/mol. The molecule has 1 aromatic carbocycles. The zero-order valence-electron chi connectivity index (χ0n) is 10.3. The minimum absolute atomic E-state index is 0.0350. The molecule has 0 aliphatic rings. The highest BCUT2D eigenvalue weighted by atomic mass is 16.1. The molecule has 0 spiro atoms. The molecule has 17 heavy (non-hydrogen) atoms. The van der Waals surface area contributed by atoms with Crippen LogP contribution in [-0.2, 0) is 0 Å². The van der Waals surface area contributed by atoms with E-state index in [0.29, 0.717) is 5.92 Å². The van der Waals surface area contributed by atoms with Crippen molar-refractivity contribution in [3.05, 3.63) is 34.2 Å². The summed E-state index contributed by atoms with van der Waals surface area (Å²) in [5.41, 5.74) is 8.82. The first kappa shape index (κ1) is 11.9. The Balaban J connectivity index is 2.38. The van der Waals surface area contributed by atoms with Crippen LogP contribution in [0.4, 0.5) is 0 Å². The van der Waals surface area contributed by atoms with Crippen molar-refractivity contribution >= 4 is 11.0 Å². The zero-order chi connectivity index (χ0) is 12.4. The van der Waals surface area contributed by atoms with Gasteiger partial charge >= 0.3 is 5.69 Å². The highest BCUT2D eigenvalue weighted by molar-refractivity contribution is 5.75. The lowest BCUT2D eigenvalue weighted by Crippen LogP contribution is -2.20. The molecule has 1 heterocycles. The first-order valence-electron chi connectivity index (χ1n) is 6.13. The summed E-state index contributed by atoms with van der Waals surface area (Å²) in [4.78, 5) is 16.7. The minimum Gasteiger partial charge on any atom is -0.324 e. The summed E-state index contributed by atoms with van der Waals surface area (Å²) in [5, 5.41) is 0. The van der Waals surface area contributed by atoms with E-state index in [1.54, 1.807) is 0 Å². The van der Waals surface area contributed by atoms with E-state index >= 15 is 0 Å². The van der Waals surface area contributed by atoms with E-state index in [2.05, 4.69) is 23.8 Å². The highest BCUT2D eigenvalue weighted by Crippen LogP contribution is 2.26. The fourth-order valence-electron chi connectivity index (χ4n) is 2.33. The van der Waals surface area contributed by atoms with Gasteiger partial charge in [0.05, 0.1) is 11.0 Å². The van der Waals surface area contributed by atoms with Crippen LogP contribution in [0.1, 0.15) is 38.3 Å². The van der Waals surface area contributed by atoms with Crippen LogP contribution in [0.25, 0.3) is 11.0 Å². The van der Waals surface area contributed by atoms with Crippen molar-refractivity contribution in [2.75, 3.05) is 0 Å². The predicted octanol–water partition coefficient (Wildman–Crippen LogP) is 2.29. The van der Waals surface area contributed by atoms with Crippen molar-refractivity contribution < 1.29 is 0 Å². The van der Waals surface area contributed by atoms with Crippen molar-refractivity contribution in [1.82, 2.24) is 9.97 Å². The molecule has 0 aliphatic carbocycles. The third-order valence-electron chi connectivity index (χ3n) is 3.48. The summed E-state index contributed by atoms with van der Waals surface area (Å²) >= 11 is 0. The Bertz CT molecular complexity index is 551. The number of hydrogen-bond acceptors (Lipinski definition) is 2. The van der Waals surface area contributed by atoms with Crippen LogP contribution in [0.5, 0.6) is 0 Å². The Morgan fingerprint density at radius 3 is 2.47 bits per heavy atom. The van der Waals surface area contributed by atoms with E-state index in [0.717, 1.165) is 29.4 Å². The fourth-order valence-corrected chi connectivity index (χ4v) is 2.33. The number of benzene rings is 1. The van der Waals surface area contributed by atoms with Crippen LogP contribution in [0.2, 0.25) is 0 Å². The first-order chi connectivity index (χ1) is 8.15. The van der Waals surface area contributed by atoms with Crippen molar-refractivity contribution in [2.24, 2.45) is 11.7 Å². The molecule has 0 amide bonds. The van der Waals surface area contributed by atoms with Gasteiger partial charge in [0, 0.05) is 6.04 Å². The van der Waals surface area contributed by atoms with E-state index in [1.807, 2.05) is 18.2 Å². The molecule has 1 unspecified atom stereocenters. The molecule has 1 aromatic heterocycles. The van der Waals surface area contributed by atoms with E-state index in [4.69, 9.17) is 5.73 Å². The lowest BCUT2D eigenvalue weighted by molar-refractivity contribution is 0.405. The number of nitrogens with two attached hydrogens (primary N) is 1. The molecule has 0 saturated heterocycles. The zero-order valence-corrected chi connectivity index (χ0v) is 10.3. The van der Waals surface area contributed by atoms with Crippen molar-refractivity contribution in [1.29, 1.82) is 0 Å². The number of fused-ring (bicyclic) bond motifs is 1. The van der Waals surface area contributed by atoms with Crippen LogP contribution in [0, 0.1) is 5.92 Å². The number of aromatic nitrogens is 2. The quantitative estimate of drug-likeness (QED) is 0.758. The Morgan fingerprint density at radius 2 is 1.82 bits per heavy atom. The normalized spacial score (nSPS) is 13.4. The molecule has 0 bridgehead atoms. The van der Waals surface area contributed by atoms with E-state index in [1.165, 1.54) is 0 Å². The van der Waals surface area contributed by atoms with Gasteiger partial charge in [-0.25, -0.2) is 4.79 Å². The fraction of sp³-hybridized carbons (Fsp3) is 0.462. The van der Waals surface area contributed by atoms with Crippen molar-refractivity contribution in [3.8, 4) is 0 Å². The van der Waals surface area contributed by atoms with E-state index in [-0.39, 0.29) is 11.7 Å². The second kappa shape index (κ2) is 4.75. The molecule has 92 valence electrons. The predicted molar refractivity (Wildman–Crippen MR) is 69.9 cm³/mol. The number of aromatic amines is 2. The largest absolute Gasteiger partial charge is 0.324 e. The van der Waals surface area contributed by atoms with Gasteiger partial charge in [0.2, 0.25) is 0 Å². The monoisotopic (exact) mass is 233 g/mol. The van der Waals surface area contributed by atoms with E-state index < -0.39 is 0 Å². The summed E-state index contributed by atoms with van der Waals surface area (Å²) in [6.07, 6.45) is 2.14. The summed E-state index contributed by atoms with van der Waals surface area (Å²) in [5.74, 6) is 0.484. The molecular formula is C13H19N3O.